The van der Waals surface area contributed by atoms with Gasteiger partial charge in [-0.15, -0.1) is 0 Å². The summed E-state index contributed by atoms with van der Waals surface area (Å²) in [6.07, 6.45) is 4.14. The molecule has 1 atom stereocenters. The number of hydrogen-bond donors (Lipinski definition) is 0. The zero-order valence-corrected chi connectivity index (χ0v) is 11.4. The van der Waals surface area contributed by atoms with Crippen molar-refractivity contribution in [1.82, 2.24) is 0 Å². The lowest BCUT2D eigenvalue weighted by Gasteiger charge is -2.12. The van der Waals surface area contributed by atoms with Gasteiger partial charge in [0.05, 0.1) is 12.7 Å². The van der Waals surface area contributed by atoms with E-state index in [2.05, 4.69) is 53.8 Å². The molecule has 1 aromatic carbocycles. The Balaban J connectivity index is 2.14. The first-order chi connectivity index (χ1) is 7.33. The second-order valence-electron chi connectivity index (χ2n) is 3.79. The highest BCUT2D eigenvalue weighted by atomic mass is 127. The minimum absolute atomic E-state index is 0.383. The van der Waals surface area contributed by atoms with E-state index >= 15 is 0 Å². The maximum Gasteiger partial charge on any atom is 0.0720 e. The van der Waals surface area contributed by atoms with Crippen molar-refractivity contribution in [1.29, 1.82) is 0 Å². The van der Waals surface area contributed by atoms with E-state index in [1.165, 1.54) is 29.3 Å². The highest BCUT2D eigenvalue weighted by molar-refractivity contribution is 14.1. The van der Waals surface area contributed by atoms with Gasteiger partial charge in [0, 0.05) is 0 Å². The second-order valence-corrected chi connectivity index (χ2v) is 4.87. The molecule has 0 N–H and O–H groups in total. The largest absolute Gasteiger partial charge is 0.374 e. The molecular weight excluding hydrogens is 299 g/mol. The first kappa shape index (κ1) is 13.0. The summed E-state index contributed by atoms with van der Waals surface area (Å²) in [6, 6.07) is 10.4. The maximum absolute atomic E-state index is 5.77. The highest BCUT2D eigenvalue weighted by Gasteiger charge is 2.01. The Kier molecular flexibility index (Phi) is 7.01. The van der Waals surface area contributed by atoms with Crippen molar-refractivity contribution in [3.05, 3.63) is 35.9 Å². The fourth-order valence-corrected chi connectivity index (χ4v) is 1.96. The molecule has 0 aliphatic rings. The first-order valence-corrected chi connectivity index (χ1v) is 7.07. The van der Waals surface area contributed by atoms with E-state index in [0.717, 1.165) is 6.61 Å². The van der Waals surface area contributed by atoms with Crippen LogP contribution in [0.5, 0.6) is 0 Å². The second kappa shape index (κ2) is 8.11. The van der Waals surface area contributed by atoms with Crippen molar-refractivity contribution in [2.24, 2.45) is 0 Å². The van der Waals surface area contributed by atoms with Gasteiger partial charge in [-0.2, -0.15) is 0 Å². The zero-order chi connectivity index (χ0) is 10.9. The van der Waals surface area contributed by atoms with Gasteiger partial charge < -0.3 is 4.74 Å². The molecule has 0 aromatic heterocycles. The van der Waals surface area contributed by atoms with Crippen molar-refractivity contribution >= 4 is 22.6 Å². The molecule has 84 valence electrons. The van der Waals surface area contributed by atoms with Crippen LogP contribution in [-0.2, 0) is 11.3 Å². The van der Waals surface area contributed by atoms with Crippen LogP contribution in [0.1, 0.15) is 31.7 Å². The molecule has 0 unspecified atom stereocenters. The highest BCUT2D eigenvalue weighted by Crippen LogP contribution is 2.09. The minimum Gasteiger partial charge on any atom is -0.374 e. The molecule has 0 fully saturated rings. The van der Waals surface area contributed by atoms with Crippen molar-refractivity contribution in [3.8, 4) is 0 Å². The molecule has 0 aliphatic carbocycles. The molecule has 0 saturated heterocycles. The van der Waals surface area contributed by atoms with E-state index < -0.39 is 0 Å². The fraction of sp³-hybridized carbons (Fsp3) is 0.538. The van der Waals surface area contributed by atoms with Gasteiger partial charge in [-0.25, -0.2) is 0 Å². The number of rotatable bonds is 7. The predicted octanol–water partition coefficient (Wildman–Crippen LogP) is 4.20. The van der Waals surface area contributed by atoms with Gasteiger partial charge in [-0.05, 0) is 29.8 Å². The molecule has 1 aromatic rings. The lowest BCUT2D eigenvalue weighted by molar-refractivity contribution is 0.0463. The van der Waals surface area contributed by atoms with Crippen molar-refractivity contribution in [2.75, 3.05) is 4.43 Å². The molecule has 0 bridgehead atoms. The standard InChI is InChI=1S/C13H19IO/c1-12(7-5-6-10-14)15-11-13-8-3-2-4-9-13/h2-4,8-9,12H,5-7,10-11H2,1H3/t12-/m1/s1. The third kappa shape index (κ3) is 6.15. The van der Waals surface area contributed by atoms with E-state index in [1.807, 2.05) is 6.07 Å². The normalized spacial score (nSPS) is 12.7. The van der Waals surface area contributed by atoms with Crippen LogP contribution in [0, 0.1) is 0 Å². The summed E-state index contributed by atoms with van der Waals surface area (Å²) >= 11 is 2.42. The number of hydrogen-bond acceptors (Lipinski definition) is 1. The van der Waals surface area contributed by atoms with Crippen LogP contribution >= 0.6 is 22.6 Å². The van der Waals surface area contributed by atoms with Crippen molar-refractivity contribution < 1.29 is 4.74 Å². The van der Waals surface area contributed by atoms with Crippen LogP contribution in [0.2, 0.25) is 0 Å². The molecule has 1 rings (SSSR count). The average molecular weight is 318 g/mol. The van der Waals surface area contributed by atoms with Gasteiger partial charge in [-0.3, -0.25) is 0 Å². The van der Waals surface area contributed by atoms with Gasteiger partial charge in [-0.1, -0.05) is 59.3 Å². The van der Waals surface area contributed by atoms with Crippen LogP contribution in [0.15, 0.2) is 30.3 Å². The fourth-order valence-electron chi connectivity index (χ4n) is 1.42. The van der Waals surface area contributed by atoms with Crippen molar-refractivity contribution in [3.63, 3.8) is 0 Å². The number of benzene rings is 1. The van der Waals surface area contributed by atoms with E-state index in [9.17, 15) is 0 Å². The lowest BCUT2D eigenvalue weighted by atomic mass is 10.2. The van der Waals surface area contributed by atoms with Crippen LogP contribution in [0.25, 0.3) is 0 Å². The summed E-state index contributed by atoms with van der Waals surface area (Å²) in [4.78, 5) is 0. The Labute approximate surface area is 106 Å². The molecule has 0 aliphatic heterocycles. The number of alkyl halides is 1. The van der Waals surface area contributed by atoms with Gasteiger partial charge in [0.2, 0.25) is 0 Å². The topological polar surface area (TPSA) is 9.23 Å². The average Bonchev–Trinajstić information content (AvgIpc) is 2.28. The molecule has 0 heterocycles. The minimum atomic E-state index is 0.383. The maximum atomic E-state index is 5.77. The van der Waals surface area contributed by atoms with Crippen LogP contribution in [-0.4, -0.2) is 10.5 Å². The third-order valence-electron chi connectivity index (χ3n) is 2.37. The SMILES string of the molecule is C[C@H](CCCCI)OCc1ccccc1. The summed E-state index contributed by atoms with van der Waals surface area (Å²) in [5, 5.41) is 0. The molecule has 1 nitrogen and oxygen atoms in total. The summed E-state index contributed by atoms with van der Waals surface area (Å²) in [5.41, 5.74) is 1.26. The Hall–Kier alpha value is -0.0900. The van der Waals surface area contributed by atoms with E-state index in [-0.39, 0.29) is 0 Å². The quantitative estimate of drug-likeness (QED) is 0.416. The monoisotopic (exact) mass is 318 g/mol. The number of unbranched alkanes of at least 4 members (excludes halogenated alkanes) is 1. The molecule has 0 saturated carbocycles. The van der Waals surface area contributed by atoms with Crippen LogP contribution in [0.3, 0.4) is 0 Å². The van der Waals surface area contributed by atoms with Gasteiger partial charge >= 0.3 is 0 Å². The number of halogens is 1. The van der Waals surface area contributed by atoms with Gasteiger partial charge in [0.25, 0.3) is 0 Å². The smallest absolute Gasteiger partial charge is 0.0720 e. The Bertz CT molecular complexity index is 248. The molecule has 2 heteroatoms. The van der Waals surface area contributed by atoms with E-state index in [4.69, 9.17) is 4.74 Å². The molecule has 0 amide bonds. The summed E-state index contributed by atoms with van der Waals surface area (Å²) in [6.45, 7) is 2.91. The first-order valence-electron chi connectivity index (χ1n) is 5.54. The molecular formula is C13H19IO. The Morgan fingerprint density at radius 3 is 2.60 bits per heavy atom. The zero-order valence-electron chi connectivity index (χ0n) is 9.29. The van der Waals surface area contributed by atoms with Crippen LogP contribution in [0.4, 0.5) is 0 Å². The van der Waals surface area contributed by atoms with Crippen molar-refractivity contribution in [2.45, 2.75) is 38.9 Å². The molecule has 15 heavy (non-hydrogen) atoms. The van der Waals surface area contributed by atoms with Gasteiger partial charge in [0.1, 0.15) is 0 Å². The lowest BCUT2D eigenvalue weighted by Crippen LogP contribution is -2.07. The Morgan fingerprint density at radius 1 is 1.20 bits per heavy atom. The third-order valence-corrected chi connectivity index (χ3v) is 3.13. The number of ether oxygens (including phenoxy) is 1. The van der Waals surface area contributed by atoms with E-state index in [0.29, 0.717) is 6.10 Å². The summed E-state index contributed by atoms with van der Waals surface area (Å²) in [5.74, 6) is 0. The summed E-state index contributed by atoms with van der Waals surface area (Å²) < 4.78 is 7.03. The van der Waals surface area contributed by atoms with E-state index in [1.54, 1.807) is 0 Å². The Morgan fingerprint density at radius 2 is 1.93 bits per heavy atom. The van der Waals surface area contributed by atoms with Gasteiger partial charge in [0.15, 0.2) is 0 Å². The summed E-state index contributed by atoms with van der Waals surface area (Å²) in [7, 11) is 0. The molecule has 0 spiro atoms. The van der Waals surface area contributed by atoms with Crippen LogP contribution < -0.4 is 0 Å². The molecule has 0 radical (unpaired) electrons. The predicted molar refractivity (Wildman–Crippen MR) is 73.4 cm³/mol.